The van der Waals surface area contributed by atoms with Crippen LogP contribution in [0.1, 0.15) is 92.5 Å². The molecule has 0 atom stereocenters. The molecule has 0 aliphatic carbocycles. The number of hydrogen-bond donors (Lipinski definition) is 1. The highest BCUT2D eigenvalue weighted by Gasteiger charge is 2.24. The first-order valence-corrected chi connectivity index (χ1v) is 15.5. The minimum Gasteiger partial charge on any atom is -0.467 e. The Morgan fingerprint density at radius 3 is 1.81 bits per heavy atom. The second kappa shape index (κ2) is 15.8. The Morgan fingerprint density at radius 2 is 1.33 bits per heavy atom. The van der Waals surface area contributed by atoms with E-state index in [0.29, 0.717) is 40.3 Å². The number of rotatable bonds is 7. The van der Waals surface area contributed by atoms with E-state index >= 15 is 0 Å². The van der Waals surface area contributed by atoms with Gasteiger partial charge in [0.2, 0.25) is 0 Å². The van der Waals surface area contributed by atoms with Crippen molar-refractivity contribution >= 4 is 38.3 Å². The zero-order valence-corrected chi connectivity index (χ0v) is 28.6. The number of unbranched alkanes of at least 4 members (excludes halogenated alkanes) is 2. The molecule has 0 amide bonds. The number of alkyl halides is 1. The largest absolute Gasteiger partial charge is 0.467 e. The van der Waals surface area contributed by atoms with E-state index in [1.165, 1.54) is 33.3 Å². The Bertz CT molecular complexity index is 1610. The van der Waals surface area contributed by atoms with Crippen molar-refractivity contribution in [3.63, 3.8) is 0 Å². The average molecular weight is 662 g/mol. The van der Waals surface area contributed by atoms with Crippen LogP contribution in [0, 0.1) is 0 Å². The predicted octanol–water partition coefficient (Wildman–Crippen LogP) is 5.49. The van der Waals surface area contributed by atoms with Crippen LogP contribution in [0.3, 0.4) is 0 Å². The van der Waals surface area contributed by atoms with Crippen molar-refractivity contribution in [3.8, 4) is 12.0 Å². The zero-order valence-electron chi connectivity index (χ0n) is 27.0. The molecule has 0 fully saturated rings. The average Bonchev–Trinajstić information content (AvgIpc) is 2.95. The van der Waals surface area contributed by atoms with Gasteiger partial charge in [-0.15, -0.1) is 0 Å². The second-order valence-corrected chi connectivity index (χ2v) is 12.7. The molecule has 4 rings (SSSR count). The molecule has 0 bridgehead atoms. The summed E-state index contributed by atoms with van der Waals surface area (Å²) in [5, 5.41) is 1.16. The molecular weight excluding hydrogens is 616 g/mol. The van der Waals surface area contributed by atoms with Gasteiger partial charge in [-0.25, -0.2) is 19.9 Å². The number of ether oxygens (including phenoxy) is 2. The highest BCUT2D eigenvalue weighted by Crippen LogP contribution is 2.20. The molecule has 0 unspecified atom stereocenters. The van der Waals surface area contributed by atoms with Crippen LogP contribution in [0.2, 0.25) is 0 Å². The number of nitrogens with one attached hydrogen (secondary N) is 1. The summed E-state index contributed by atoms with van der Waals surface area (Å²) in [5.41, 5.74) is 2.16. The van der Waals surface area contributed by atoms with Crippen LogP contribution in [0.25, 0.3) is 22.3 Å². The molecule has 12 nitrogen and oxygen atoms in total. The molecule has 4 heterocycles. The lowest BCUT2D eigenvalue weighted by molar-refractivity contribution is 0.380. The smallest absolute Gasteiger partial charge is 0.318 e. The fraction of sp³-hybridized carbons (Fsp3) is 0.600. The minimum atomic E-state index is -0.320. The Balaban J connectivity index is 0.000000264. The van der Waals surface area contributed by atoms with Gasteiger partial charge in [-0.3, -0.25) is 14.2 Å². The van der Waals surface area contributed by atoms with Crippen LogP contribution >= 0.6 is 15.9 Å². The lowest BCUT2D eigenvalue weighted by Crippen LogP contribution is -2.33. The van der Waals surface area contributed by atoms with Gasteiger partial charge in [-0.2, -0.15) is 9.97 Å². The van der Waals surface area contributed by atoms with Crippen molar-refractivity contribution in [2.24, 2.45) is 0 Å². The summed E-state index contributed by atoms with van der Waals surface area (Å²) in [5.74, 6) is 0. The summed E-state index contributed by atoms with van der Waals surface area (Å²) in [6, 6.07) is 0.455. The van der Waals surface area contributed by atoms with Gasteiger partial charge in [-0.1, -0.05) is 84.2 Å². The monoisotopic (exact) mass is 660 g/mol. The summed E-state index contributed by atoms with van der Waals surface area (Å²) < 4.78 is 11.6. The summed E-state index contributed by atoms with van der Waals surface area (Å²) in [7, 11) is 2.98. The Morgan fingerprint density at radius 1 is 0.791 bits per heavy atom. The number of aromatic nitrogens is 8. The zero-order chi connectivity index (χ0) is 32.4. The molecule has 0 radical (unpaired) electrons. The number of nitrogens with zero attached hydrogens (tertiary/aromatic N) is 7. The molecule has 0 spiro atoms. The summed E-state index contributed by atoms with van der Waals surface area (Å²) in [4.78, 5) is 52.4. The molecule has 1 N–H and O–H groups in total. The van der Waals surface area contributed by atoms with E-state index in [1.54, 1.807) is 10.8 Å². The standard InChI is InChI=1S/C15H22N4O2.C11H14N4O2.C4H9Br/c1-6-7-8-19-12-10(9-16-14(18-12)21-5)17-11(13(19)20)15(2,3)4;1-11(2,3)7-9(16)14-8-6(13-7)5-12-10(15-8)17-4;1-2-3-4-5/h9H,6-8H2,1-5H3;5H,1-4H3,(H,12,14,15,16);2-4H2,1H3. The van der Waals surface area contributed by atoms with E-state index in [4.69, 9.17) is 9.47 Å². The van der Waals surface area contributed by atoms with Gasteiger partial charge in [0.05, 0.1) is 26.6 Å². The van der Waals surface area contributed by atoms with Gasteiger partial charge in [0, 0.05) is 22.7 Å². The maximum atomic E-state index is 12.7. The third-order valence-corrected chi connectivity index (χ3v) is 6.66. The van der Waals surface area contributed by atoms with Crippen LogP contribution < -0.4 is 20.6 Å². The summed E-state index contributed by atoms with van der Waals surface area (Å²) in [6.45, 7) is 16.6. The van der Waals surface area contributed by atoms with Crippen LogP contribution in [0.15, 0.2) is 22.0 Å². The lowest BCUT2D eigenvalue weighted by atomic mass is 9.92. The number of halogens is 1. The second-order valence-electron chi connectivity index (χ2n) is 11.9. The van der Waals surface area contributed by atoms with E-state index < -0.39 is 0 Å². The molecule has 4 aromatic rings. The molecule has 0 saturated carbocycles. The highest BCUT2D eigenvalue weighted by molar-refractivity contribution is 9.09. The molecule has 43 heavy (non-hydrogen) atoms. The number of fused-ring (bicyclic) bond motifs is 2. The normalized spacial score (nSPS) is 11.4. The van der Waals surface area contributed by atoms with Gasteiger partial charge >= 0.3 is 12.0 Å². The third kappa shape index (κ3) is 9.77. The van der Waals surface area contributed by atoms with Crippen LogP contribution in [0.4, 0.5) is 0 Å². The van der Waals surface area contributed by atoms with E-state index in [2.05, 4.69) is 64.7 Å². The lowest BCUT2D eigenvalue weighted by Gasteiger charge is -2.19. The first-order valence-electron chi connectivity index (χ1n) is 14.4. The van der Waals surface area contributed by atoms with Crippen molar-refractivity contribution in [3.05, 3.63) is 44.5 Å². The molecule has 4 aromatic heterocycles. The van der Waals surface area contributed by atoms with Crippen LogP contribution in [-0.2, 0) is 17.4 Å². The molecule has 13 heteroatoms. The topological polar surface area (TPSA) is 151 Å². The highest BCUT2D eigenvalue weighted by atomic mass is 79.9. The van der Waals surface area contributed by atoms with Gasteiger partial charge in [0.1, 0.15) is 22.4 Å². The van der Waals surface area contributed by atoms with E-state index in [0.717, 1.165) is 18.2 Å². The first-order chi connectivity index (χ1) is 20.2. The van der Waals surface area contributed by atoms with Crippen molar-refractivity contribution in [1.82, 2.24) is 39.5 Å². The van der Waals surface area contributed by atoms with Gasteiger partial charge in [0.25, 0.3) is 11.1 Å². The number of H-pyrrole nitrogens is 1. The van der Waals surface area contributed by atoms with E-state index in [-0.39, 0.29) is 34.0 Å². The first kappa shape index (κ1) is 35.7. The SMILES string of the molecule is CCCCBr.CCCCn1c(=O)c(C(C)(C)C)nc2cnc(OC)nc21.COc1ncc2nc(C(C)(C)C)c(=O)[nH]c2n1. The van der Waals surface area contributed by atoms with E-state index in [1.807, 2.05) is 41.5 Å². The van der Waals surface area contributed by atoms with Crippen molar-refractivity contribution in [1.29, 1.82) is 0 Å². The van der Waals surface area contributed by atoms with E-state index in [9.17, 15) is 9.59 Å². The molecular formula is C30H45BrN8O4. The third-order valence-electron chi connectivity index (χ3n) is 6.10. The van der Waals surface area contributed by atoms with Gasteiger partial charge in [0.15, 0.2) is 11.3 Å². The minimum absolute atomic E-state index is 0.0794. The molecule has 0 aliphatic heterocycles. The van der Waals surface area contributed by atoms with Crippen molar-refractivity contribution in [2.75, 3.05) is 19.5 Å². The number of aromatic amines is 1. The number of aryl methyl sites for hydroxylation is 1. The molecule has 0 aliphatic rings. The Labute approximate surface area is 261 Å². The quantitative estimate of drug-likeness (QED) is 0.252. The molecule has 0 saturated heterocycles. The summed E-state index contributed by atoms with van der Waals surface area (Å²) in [6.07, 6.45) is 7.66. The van der Waals surface area contributed by atoms with Crippen LogP contribution in [0.5, 0.6) is 12.0 Å². The van der Waals surface area contributed by atoms with Gasteiger partial charge < -0.3 is 14.5 Å². The maximum Gasteiger partial charge on any atom is 0.318 e. The Kier molecular flexibility index (Phi) is 13.2. The fourth-order valence-corrected chi connectivity index (χ4v) is 4.30. The van der Waals surface area contributed by atoms with Crippen LogP contribution in [-0.4, -0.2) is 59.0 Å². The fourth-order valence-electron chi connectivity index (χ4n) is 3.74. The predicted molar refractivity (Wildman–Crippen MR) is 174 cm³/mol. The maximum absolute atomic E-state index is 12.7. The summed E-state index contributed by atoms with van der Waals surface area (Å²) >= 11 is 3.31. The van der Waals surface area contributed by atoms with Crippen molar-refractivity contribution < 1.29 is 9.47 Å². The number of hydrogen-bond acceptors (Lipinski definition) is 10. The number of methoxy groups -OCH3 is 2. The van der Waals surface area contributed by atoms with Crippen molar-refractivity contribution in [2.45, 2.75) is 98.4 Å². The molecule has 236 valence electrons. The Hall–Kier alpha value is -3.48. The van der Waals surface area contributed by atoms with Gasteiger partial charge in [-0.05, 0) is 12.8 Å². The molecule has 0 aromatic carbocycles.